The molecule has 384 valence electrons. The SMILES string of the molecule is CC/C=C\C/C=C\C/C=C\C/C=C\C/C=C\CCCCCC(=O)OC[C@H](COP(=O)(O)OC[C@@H](O)COP(=O)(O)O)OC(=O)CCCCC(=O)C[C@@H]1[C@@H](/C=C/[C@@H](O)CCCCC)[C@H](O)C[C@@H]1O. The van der Waals surface area contributed by atoms with Crippen LogP contribution in [0.2, 0.25) is 0 Å². The third kappa shape index (κ3) is 35.0. The van der Waals surface area contributed by atoms with Gasteiger partial charge in [-0.25, -0.2) is 9.13 Å². The summed E-state index contributed by atoms with van der Waals surface area (Å²) in [7, 11) is -9.85. The van der Waals surface area contributed by atoms with E-state index in [0.29, 0.717) is 19.3 Å². The lowest BCUT2D eigenvalue weighted by atomic mass is 9.87. The van der Waals surface area contributed by atoms with Gasteiger partial charge in [0.05, 0.1) is 38.1 Å². The summed E-state index contributed by atoms with van der Waals surface area (Å²) in [6.45, 7) is 1.06. The highest BCUT2D eigenvalue weighted by atomic mass is 31.2. The number of ether oxygens (including phenoxy) is 2. The number of hydrogen-bond donors (Lipinski definition) is 7. The number of allylic oxidation sites excluding steroid dienone is 10. The molecule has 19 heteroatoms. The van der Waals surface area contributed by atoms with Crippen molar-refractivity contribution in [3.8, 4) is 0 Å². The fourth-order valence-electron chi connectivity index (χ4n) is 6.90. The lowest BCUT2D eigenvalue weighted by Gasteiger charge is -2.21. The first-order valence-corrected chi connectivity index (χ1v) is 26.8. The van der Waals surface area contributed by atoms with Gasteiger partial charge in [0.25, 0.3) is 0 Å². The molecule has 0 heterocycles. The van der Waals surface area contributed by atoms with Crippen molar-refractivity contribution in [2.45, 2.75) is 173 Å². The Balaban J connectivity index is 2.58. The number of carbonyl (C=O) groups excluding carboxylic acids is 3. The quantitative estimate of drug-likeness (QED) is 0.0132. The molecule has 0 aromatic heterocycles. The van der Waals surface area contributed by atoms with Crippen molar-refractivity contribution < 1.29 is 81.7 Å². The lowest BCUT2D eigenvalue weighted by molar-refractivity contribution is -0.161. The average Bonchev–Trinajstić information content (AvgIpc) is 3.54. The Bertz CT molecular complexity index is 1640. The summed E-state index contributed by atoms with van der Waals surface area (Å²) in [4.78, 5) is 66.0. The molecule has 1 unspecified atom stereocenters. The third-order valence-electron chi connectivity index (χ3n) is 10.6. The Morgan fingerprint density at radius 1 is 0.642 bits per heavy atom. The Labute approximate surface area is 397 Å². The second kappa shape index (κ2) is 37.9. The average molecular weight is 991 g/mol. The van der Waals surface area contributed by atoms with Crippen LogP contribution in [0.4, 0.5) is 0 Å². The molecule has 0 amide bonds. The molecule has 0 aromatic rings. The van der Waals surface area contributed by atoms with E-state index in [0.717, 1.165) is 70.6 Å². The Morgan fingerprint density at radius 2 is 1.21 bits per heavy atom. The molecule has 0 spiro atoms. The Kier molecular flexibility index (Phi) is 35.2. The van der Waals surface area contributed by atoms with Gasteiger partial charge in [-0.15, -0.1) is 0 Å². The van der Waals surface area contributed by atoms with Crippen LogP contribution in [-0.4, -0.2) is 110 Å². The summed E-state index contributed by atoms with van der Waals surface area (Å²) in [5.41, 5.74) is 0. The molecule has 1 aliphatic rings. The van der Waals surface area contributed by atoms with Crippen LogP contribution in [0, 0.1) is 11.8 Å². The number of ketones is 1. The van der Waals surface area contributed by atoms with Crippen molar-refractivity contribution in [1.82, 2.24) is 0 Å². The van der Waals surface area contributed by atoms with Gasteiger partial charge in [0.1, 0.15) is 18.5 Å². The van der Waals surface area contributed by atoms with E-state index in [1.807, 2.05) is 0 Å². The maximum absolute atomic E-state index is 12.9. The molecule has 8 atom stereocenters. The second-order valence-electron chi connectivity index (χ2n) is 16.6. The zero-order valence-corrected chi connectivity index (χ0v) is 41.3. The first-order valence-electron chi connectivity index (χ1n) is 23.8. The fraction of sp³-hybridized carbons (Fsp3) is 0.688. The highest BCUT2D eigenvalue weighted by Crippen LogP contribution is 2.44. The van der Waals surface area contributed by atoms with Crippen LogP contribution in [0.3, 0.4) is 0 Å². The van der Waals surface area contributed by atoms with Crippen molar-refractivity contribution in [3.63, 3.8) is 0 Å². The van der Waals surface area contributed by atoms with Gasteiger partial charge in [-0.2, -0.15) is 0 Å². The van der Waals surface area contributed by atoms with E-state index < -0.39 is 96.4 Å². The maximum atomic E-state index is 12.9. The number of Topliss-reactive ketones (excluding diaryl/α,β-unsaturated/α-hetero) is 1. The molecule has 67 heavy (non-hydrogen) atoms. The molecule has 0 aromatic carbocycles. The molecule has 7 N–H and O–H groups in total. The van der Waals surface area contributed by atoms with Crippen LogP contribution in [0.15, 0.2) is 72.9 Å². The number of hydrogen-bond acceptors (Lipinski definition) is 14. The molecular formula is C48H80O17P2. The molecule has 1 rings (SSSR count). The predicted molar refractivity (Wildman–Crippen MR) is 255 cm³/mol. The molecule has 1 saturated carbocycles. The zero-order chi connectivity index (χ0) is 49.8. The number of aliphatic hydroxyl groups excluding tert-OH is 4. The molecular weight excluding hydrogens is 910 g/mol. The topological polar surface area (TPSA) is 273 Å². The van der Waals surface area contributed by atoms with Gasteiger partial charge in [-0.05, 0) is 70.6 Å². The number of carbonyl (C=O) groups is 3. The number of phosphoric acid groups is 2. The minimum Gasteiger partial charge on any atom is -0.462 e. The van der Waals surface area contributed by atoms with Crippen molar-refractivity contribution in [3.05, 3.63) is 72.9 Å². The molecule has 1 fully saturated rings. The maximum Gasteiger partial charge on any atom is 0.472 e. The van der Waals surface area contributed by atoms with E-state index in [2.05, 4.69) is 83.7 Å². The van der Waals surface area contributed by atoms with Crippen LogP contribution in [-0.2, 0) is 46.6 Å². The predicted octanol–water partition coefficient (Wildman–Crippen LogP) is 8.12. The molecule has 17 nitrogen and oxygen atoms in total. The third-order valence-corrected chi connectivity index (χ3v) is 12.0. The minimum atomic E-state index is -4.93. The molecule has 0 radical (unpaired) electrons. The van der Waals surface area contributed by atoms with Crippen LogP contribution in [0.1, 0.15) is 142 Å². The van der Waals surface area contributed by atoms with E-state index in [-0.39, 0.29) is 44.3 Å². The van der Waals surface area contributed by atoms with E-state index >= 15 is 0 Å². The van der Waals surface area contributed by atoms with Gasteiger partial charge in [0.2, 0.25) is 0 Å². The highest BCUT2D eigenvalue weighted by Gasteiger charge is 2.41. The summed E-state index contributed by atoms with van der Waals surface area (Å²) in [6.07, 6.45) is 30.9. The summed E-state index contributed by atoms with van der Waals surface area (Å²) in [5, 5.41) is 41.2. The largest absolute Gasteiger partial charge is 0.472 e. The molecule has 0 bridgehead atoms. The highest BCUT2D eigenvalue weighted by molar-refractivity contribution is 7.47. The van der Waals surface area contributed by atoms with Crippen molar-refractivity contribution in [2.75, 3.05) is 26.4 Å². The van der Waals surface area contributed by atoms with Crippen LogP contribution >= 0.6 is 15.6 Å². The zero-order valence-electron chi connectivity index (χ0n) is 39.5. The first-order chi connectivity index (χ1) is 32.0. The summed E-state index contributed by atoms with van der Waals surface area (Å²) in [6, 6.07) is 0. The van der Waals surface area contributed by atoms with Crippen molar-refractivity contribution in [2.24, 2.45) is 11.8 Å². The lowest BCUT2D eigenvalue weighted by Crippen LogP contribution is -2.30. The van der Waals surface area contributed by atoms with Crippen LogP contribution < -0.4 is 0 Å². The van der Waals surface area contributed by atoms with E-state index in [1.54, 1.807) is 12.2 Å². The number of rotatable bonds is 40. The van der Waals surface area contributed by atoms with Crippen molar-refractivity contribution in [1.29, 1.82) is 0 Å². The summed E-state index contributed by atoms with van der Waals surface area (Å²) < 4.78 is 47.7. The van der Waals surface area contributed by atoms with Crippen LogP contribution in [0.25, 0.3) is 0 Å². The molecule has 0 aliphatic heterocycles. The monoisotopic (exact) mass is 990 g/mol. The number of unbranched alkanes of at least 4 members (excludes halogenated alkanes) is 6. The van der Waals surface area contributed by atoms with Gasteiger partial charge in [-0.3, -0.25) is 28.0 Å². The minimum absolute atomic E-state index is 0.00963. The number of phosphoric ester groups is 2. The number of esters is 2. The normalized spacial score (nSPS) is 20.5. The fourth-order valence-corrected chi connectivity index (χ4v) is 8.05. The Hall–Kier alpha value is -2.89. The van der Waals surface area contributed by atoms with Gasteiger partial charge in [0, 0.05) is 43.9 Å². The van der Waals surface area contributed by atoms with Crippen molar-refractivity contribution >= 4 is 33.4 Å². The van der Waals surface area contributed by atoms with Gasteiger partial charge in [-0.1, -0.05) is 112 Å². The van der Waals surface area contributed by atoms with Gasteiger partial charge in [0.15, 0.2) is 6.10 Å². The standard InChI is InChI=1S/C48H80O17P2/c1-3-5-7-8-9-10-11-12-13-14-15-16-17-18-19-20-21-22-24-29-47(54)61-37-42(38-64-67(59,60)63-36-41(51)35-62-66(56,57)58)65-48(55)30-26-25-28-40(50)33-44-43(45(52)34-46(44)53)32-31-39(49)27-23-6-4-2/h5,7,9-10,12-13,15-16,18-19,31-32,39,41-46,49,51-53H,3-4,6,8,11,14,17,20-30,33-38H2,1-2H3,(H,59,60)(H2,56,57,58)/b7-5-,10-9-,13-12-,16-15-,19-18-,32-31+/t39-,41-,42+,43+,44+,45+,46-/m0/s1. The first kappa shape index (κ1) is 62.1. The van der Waals surface area contributed by atoms with Gasteiger partial charge >= 0.3 is 27.6 Å². The molecule has 0 saturated heterocycles. The second-order valence-corrected chi connectivity index (χ2v) is 19.3. The number of aliphatic hydroxyl groups is 4. The van der Waals surface area contributed by atoms with Gasteiger partial charge < -0.3 is 44.6 Å². The van der Waals surface area contributed by atoms with E-state index in [1.165, 1.54) is 0 Å². The molecule has 1 aliphatic carbocycles. The van der Waals surface area contributed by atoms with Crippen LogP contribution in [0.5, 0.6) is 0 Å². The van der Waals surface area contributed by atoms with E-state index in [9.17, 15) is 48.8 Å². The summed E-state index contributed by atoms with van der Waals surface area (Å²) >= 11 is 0. The summed E-state index contributed by atoms with van der Waals surface area (Å²) in [5.74, 6) is -2.55. The smallest absolute Gasteiger partial charge is 0.462 e. The Morgan fingerprint density at radius 3 is 1.84 bits per heavy atom. The van der Waals surface area contributed by atoms with E-state index in [4.69, 9.17) is 23.8 Å².